The number of rotatable bonds is 15. The number of nitrogens with zero attached hydrogens (tertiary/aromatic N) is 1. The van der Waals surface area contributed by atoms with Crippen molar-refractivity contribution in [1.82, 2.24) is 10.6 Å². The average molecular weight is 646 g/mol. The van der Waals surface area contributed by atoms with Crippen LogP contribution in [0.3, 0.4) is 0 Å². The number of nitrogens with one attached hydrogen (secondary N) is 2. The van der Waals surface area contributed by atoms with E-state index in [0.29, 0.717) is 18.8 Å². The van der Waals surface area contributed by atoms with E-state index in [4.69, 9.17) is 0 Å². The van der Waals surface area contributed by atoms with E-state index in [-0.39, 0.29) is 5.78 Å². The summed E-state index contributed by atoms with van der Waals surface area (Å²) in [6, 6.07) is 6.38. The van der Waals surface area contributed by atoms with Gasteiger partial charge in [0.05, 0.1) is 0 Å². The number of unbranched alkanes of at least 4 members (excludes halogenated alkanes) is 3. The molecule has 0 aliphatic carbocycles. The van der Waals surface area contributed by atoms with E-state index >= 15 is 0 Å². The molecule has 0 spiro atoms. The van der Waals surface area contributed by atoms with Crippen molar-refractivity contribution >= 4 is 17.7 Å². The normalized spacial score (nSPS) is 16.4. The number of halogens is 3. The summed E-state index contributed by atoms with van der Waals surface area (Å²) in [6.45, 7) is 19.9. The van der Waals surface area contributed by atoms with Crippen molar-refractivity contribution < 1.29 is 18.0 Å². The van der Waals surface area contributed by atoms with Crippen LogP contribution in [0.5, 0.6) is 0 Å². The third kappa shape index (κ3) is 18.3. The molecule has 7 heteroatoms. The quantitative estimate of drug-likeness (QED) is 0.147. The van der Waals surface area contributed by atoms with Crippen molar-refractivity contribution in [2.75, 3.05) is 13.1 Å². The number of Topliss-reactive ketones (excluding diaryl/α,β-unsaturated/α-hetero) is 1. The van der Waals surface area contributed by atoms with Gasteiger partial charge in [0.2, 0.25) is 0 Å². The molecule has 2 N–H and O–H groups in total. The second-order valence-electron chi connectivity index (χ2n) is 11.5. The maximum atomic E-state index is 12.6. The minimum Gasteiger partial charge on any atom is -0.359 e. The maximum absolute atomic E-state index is 12.6. The van der Waals surface area contributed by atoms with Gasteiger partial charge in [0.15, 0.2) is 5.78 Å². The van der Waals surface area contributed by atoms with Crippen molar-refractivity contribution in [1.29, 1.82) is 0 Å². The summed E-state index contributed by atoms with van der Waals surface area (Å²) < 4.78 is 37.9. The number of carbonyl (C=O) groups excluding carboxylic acids is 1. The number of piperidine rings is 1. The highest BCUT2D eigenvalue weighted by Crippen LogP contribution is 2.27. The Morgan fingerprint density at radius 1 is 0.978 bits per heavy atom. The molecule has 0 bridgehead atoms. The summed E-state index contributed by atoms with van der Waals surface area (Å²) >= 11 is 0. The third-order valence-corrected chi connectivity index (χ3v) is 7.51. The third-order valence-electron chi connectivity index (χ3n) is 7.51. The van der Waals surface area contributed by atoms with Gasteiger partial charge in [0, 0.05) is 23.2 Å². The van der Waals surface area contributed by atoms with Crippen molar-refractivity contribution in [2.45, 2.75) is 133 Å². The van der Waals surface area contributed by atoms with Crippen LogP contribution in [-0.2, 0) is 6.42 Å². The highest BCUT2D eigenvalue weighted by molar-refractivity contribution is 5.95. The molecule has 1 aromatic carbocycles. The van der Waals surface area contributed by atoms with Crippen LogP contribution in [0.4, 0.5) is 13.2 Å². The van der Waals surface area contributed by atoms with E-state index in [9.17, 15) is 18.0 Å². The molecule has 260 valence electrons. The van der Waals surface area contributed by atoms with Gasteiger partial charge in [-0.3, -0.25) is 9.79 Å². The average Bonchev–Trinajstić information content (AvgIpc) is 3.05. The van der Waals surface area contributed by atoms with Gasteiger partial charge in [-0.05, 0) is 127 Å². The molecule has 46 heavy (non-hydrogen) atoms. The molecule has 1 aliphatic heterocycles. The Hall–Kier alpha value is -2.93. The van der Waals surface area contributed by atoms with Gasteiger partial charge < -0.3 is 10.6 Å². The number of hydrogen-bond donors (Lipinski definition) is 2. The van der Waals surface area contributed by atoms with Gasteiger partial charge in [0.25, 0.3) is 0 Å². The number of alkyl halides is 3. The monoisotopic (exact) mass is 645 g/mol. The first-order valence-corrected chi connectivity index (χ1v) is 17.4. The Kier molecular flexibility index (Phi) is 23.6. The Morgan fingerprint density at radius 2 is 1.63 bits per heavy atom. The van der Waals surface area contributed by atoms with Gasteiger partial charge in [-0.15, -0.1) is 0 Å². The van der Waals surface area contributed by atoms with Crippen LogP contribution in [0.1, 0.15) is 142 Å². The smallest absolute Gasteiger partial charge is 0.359 e. The van der Waals surface area contributed by atoms with E-state index < -0.39 is 11.9 Å². The van der Waals surface area contributed by atoms with Gasteiger partial charge >= 0.3 is 6.18 Å². The van der Waals surface area contributed by atoms with Gasteiger partial charge in [0.1, 0.15) is 5.70 Å². The second-order valence-corrected chi connectivity index (χ2v) is 11.5. The van der Waals surface area contributed by atoms with Crippen LogP contribution in [0.15, 0.2) is 64.5 Å². The molecule has 1 atom stereocenters. The molecule has 1 fully saturated rings. The molecule has 0 saturated carbocycles. The lowest BCUT2D eigenvalue weighted by atomic mass is 9.90. The molecule has 0 amide bonds. The van der Waals surface area contributed by atoms with E-state index in [0.717, 1.165) is 85.8 Å². The SMILES string of the molecule is C/C=C(/C)N/C(=C/CCC)c1cc(CC2CCCNC2)cc(C(C)=O)c1.CC.C\C=C(/C=N/C(=C/CCC)C(F)(F)F)CCCC. The van der Waals surface area contributed by atoms with Gasteiger partial charge in [-0.1, -0.05) is 78.2 Å². The number of hydrogen-bond acceptors (Lipinski definition) is 4. The lowest BCUT2D eigenvalue weighted by molar-refractivity contribution is -0.0925. The van der Waals surface area contributed by atoms with Crippen LogP contribution in [-0.4, -0.2) is 31.3 Å². The fourth-order valence-corrected chi connectivity index (χ4v) is 4.75. The predicted octanol–water partition coefficient (Wildman–Crippen LogP) is 11.6. The Morgan fingerprint density at radius 3 is 2.15 bits per heavy atom. The van der Waals surface area contributed by atoms with Crippen LogP contribution in [0.2, 0.25) is 0 Å². The molecule has 1 aromatic rings. The minimum atomic E-state index is -4.37. The van der Waals surface area contributed by atoms with Crippen LogP contribution in [0.25, 0.3) is 5.70 Å². The number of ketones is 1. The Balaban J connectivity index is 0.000000891. The van der Waals surface area contributed by atoms with E-state index in [1.54, 1.807) is 6.92 Å². The fraction of sp³-hybridized carbons (Fsp3) is 0.590. The summed E-state index contributed by atoms with van der Waals surface area (Å²) in [5, 5.41) is 7.01. The molecule has 1 saturated heterocycles. The topological polar surface area (TPSA) is 53.5 Å². The summed E-state index contributed by atoms with van der Waals surface area (Å²) in [4.78, 5) is 15.7. The van der Waals surface area contributed by atoms with Gasteiger partial charge in [-0.2, -0.15) is 13.2 Å². The first kappa shape index (κ1) is 43.1. The zero-order chi connectivity index (χ0) is 35.0. The maximum Gasteiger partial charge on any atom is 0.433 e. The first-order chi connectivity index (χ1) is 22.0. The Bertz CT molecular complexity index is 1150. The largest absolute Gasteiger partial charge is 0.433 e. The molecular weight excluding hydrogens is 583 g/mol. The second kappa shape index (κ2) is 25.2. The summed E-state index contributed by atoms with van der Waals surface area (Å²) in [7, 11) is 0. The number of allylic oxidation sites excluding steroid dienone is 7. The number of benzene rings is 1. The van der Waals surface area contributed by atoms with Crippen molar-refractivity contribution in [3.63, 3.8) is 0 Å². The fourth-order valence-electron chi connectivity index (χ4n) is 4.75. The van der Waals surface area contributed by atoms with E-state index in [2.05, 4.69) is 53.8 Å². The van der Waals surface area contributed by atoms with E-state index in [1.807, 2.05) is 53.7 Å². The van der Waals surface area contributed by atoms with E-state index in [1.165, 1.54) is 24.6 Å². The lowest BCUT2D eigenvalue weighted by Crippen LogP contribution is -2.30. The van der Waals surface area contributed by atoms with Crippen molar-refractivity contribution in [3.8, 4) is 0 Å². The molecule has 0 aromatic heterocycles. The molecule has 1 heterocycles. The van der Waals surface area contributed by atoms with Crippen molar-refractivity contribution in [3.05, 3.63) is 76.2 Å². The zero-order valence-corrected chi connectivity index (χ0v) is 30.2. The molecule has 0 radical (unpaired) electrons. The van der Waals surface area contributed by atoms with Crippen LogP contribution < -0.4 is 10.6 Å². The standard InChI is InChI=1S/C23H34N2O.C14H22F3N.C2H6/c1-5-7-10-23(25-17(3)6-2)22-14-20(13-21(15-22)18(4)26)12-19-9-8-11-24-16-19;1-4-7-9-12(6-3)11-18-13(10-8-5-2)14(15,16)17;1-2/h6,10,13-15,19,24-25H,5,7-9,11-12,16H2,1-4H3;6,10-11H,4-5,7-9H2,1-3H3;1-2H3/b17-6-,23-10+;12-6-,13-10+,18-11+;. The predicted molar refractivity (Wildman–Crippen MR) is 193 cm³/mol. The lowest BCUT2D eigenvalue weighted by Gasteiger charge is -2.23. The number of carbonyl (C=O) groups is 1. The molecule has 2 rings (SSSR count). The first-order valence-electron chi connectivity index (χ1n) is 17.4. The summed E-state index contributed by atoms with van der Waals surface area (Å²) in [5.74, 6) is 0.791. The highest BCUT2D eigenvalue weighted by Gasteiger charge is 2.33. The Labute approximate surface area is 278 Å². The molecule has 4 nitrogen and oxygen atoms in total. The summed E-state index contributed by atoms with van der Waals surface area (Å²) in [5.41, 5.74) is 5.48. The molecular formula is C39H62F3N3O. The van der Waals surface area contributed by atoms with Crippen LogP contribution >= 0.6 is 0 Å². The molecule has 1 unspecified atom stereocenters. The number of aliphatic imine (C=N–C) groups is 1. The highest BCUT2D eigenvalue weighted by atomic mass is 19.4. The molecule has 1 aliphatic rings. The van der Waals surface area contributed by atoms with Crippen LogP contribution in [0, 0.1) is 5.92 Å². The minimum absolute atomic E-state index is 0.132. The zero-order valence-electron chi connectivity index (χ0n) is 30.2. The van der Waals surface area contributed by atoms with Crippen molar-refractivity contribution in [2.24, 2.45) is 10.9 Å². The summed E-state index contributed by atoms with van der Waals surface area (Å²) in [6.07, 6.45) is 13.8. The van der Waals surface area contributed by atoms with Gasteiger partial charge in [-0.25, -0.2) is 0 Å².